The fourth-order valence-electron chi connectivity index (χ4n) is 3.29. The predicted molar refractivity (Wildman–Crippen MR) is 110 cm³/mol. The molecule has 1 heterocycles. The van der Waals surface area contributed by atoms with Gasteiger partial charge in [-0.25, -0.2) is 4.99 Å². The van der Waals surface area contributed by atoms with Crippen molar-refractivity contribution in [2.24, 2.45) is 4.99 Å². The van der Waals surface area contributed by atoms with Crippen LogP contribution in [-0.4, -0.2) is 43.9 Å². The molecule has 2 aromatic carbocycles. The van der Waals surface area contributed by atoms with Crippen LogP contribution in [0, 0.1) is 0 Å². The molecule has 3 rings (SSSR count). The maximum atomic E-state index is 10.2. The molecule has 1 aliphatic heterocycles. The van der Waals surface area contributed by atoms with Crippen LogP contribution in [0.3, 0.4) is 0 Å². The van der Waals surface area contributed by atoms with E-state index in [1.165, 1.54) is 5.69 Å². The second-order valence-corrected chi connectivity index (χ2v) is 6.57. The standard InChI is InChI=1S/C21H28N4O2/c1-3-22-21(23-14-16-8-7-11-19(27-2)20(16)26)24-17-12-13-25(15-17)18-9-5-4-6-10-18/h4-11,17,26H,3,12-15H2,1-2H3,(H2,22,23,24). The van der Waals surface area contributed by atoms with Gasteiger partial charge in [-0.2, -0.15) is 0 Å². The van der Waals surface area contributed by atoms with Gasteiger partial charge in [-0.1, -0.05) is 30.3 Å². The Morgan fingerprint density at radius 2 is 2.04 bits per heavy atom. The zero-order valence-corrected chi connectivity index (χ0v) is 16.0. The summed E-state index contributed by atoms with van der Waals surface area (Å²) >= 11 is 0. The van der Waals surface area contributed by atoms with Crippen molar-refractivity contribution in [3.63, 3.8) is 0 Å². The lowest BCUT2D eigenvalue weighted by Crippen LogP contribution is -2.44. The van der Waals surface area contributed by atoms with Gasteiger partial charge in [0.1, 0.15) is 0 Å². The summed E-state index contributed by atoms with van der Waals surface area (Å²) in [6.07, 6.45) is 1.06. The van der Waals surface area contributed by atoms with Gasteiger partial charge in [0.15, 0.2) is 17.5 Å². The van der Waals surface area contributed by atoms with Gasteiger partial charge in [0, 0.05) is 36.9 Å². The van der Waals surface area contributed by atoms with Crippen molar-refractivity contribution in [1.29, 1.82) is 0 Å². The number of phenols is 1. The minimum absolute atomic E-state index is 0.149. The third kappa shape index (κ3) is 4.84. The summed E-state index contributed by atoms with van der Waals surface area (Å²) in [5, 5.41) is 17.0. The van der Waals surface area contributed by atoms with E-state index in [0.717, 1.165) is 37.6 Å². The number of ether oxygens (including phenoxy) is 1. The van der Waals surface area contributed by atoms with E-state index in [9.17, 15) is 5.11 Å². The topological polar surface area (TPSA) is 69.1 Å². The number of hydrogen-bond acceptors (Lipinski definition) is 4. The van der Waals surface area contributed by atoms with Crippen molar-refractivity contribution >= 4 is 11.6 Å². The Bertz CT molecular complexity index is 764. The lowest BCUT2D eigenvalue weighted by Gasteiger charge is -2.20. The van der Waals surface area contributed by atoms with Crippen LogP contribution in [0.4, 0.5) is 5.69 Å². The maximum Gasteiger partial charge on any atom is 0.191 e. The van der Waals surface area contributed by atoms with E-state index in [2.05, 4.69) is 44.8 Å². The van der Waals surface area contributed by atoms with E-state index in [1.54, 1.807) is 13.2 Å². The zero-order valence-electron chi connectivity index (χ0n) is 16.0. The van der Waals surface area contributed by atoms with E-state index in [4.69, 9.17) is 4.74 Å². The Hall–Kier alpha value is -2.89. The summed E-state index contributed by atoms with van der Waals surface area (Å²) in [6.45, 7) is 5.18. The average molecular weight is 368 g/mol. The number of guanidine groups is 1. The van der Waals surface area contributed by atoms with Crippen LogP contribution in [0.2, 0.25) is 0 Å². The number of benzene rings is 2. The summed E-state index contributed by atoms with van der Waals surface area (Å²) in [5.41, 5.74) is 1.99. The van der Waals surface area contributed by atoms with Gasteiger partial charge in [-0.3, -0.25) is 0 Å². The van der Waals surface area contributed by atoms with Crippen LogP contribution < -0.4 is 20.3 Å². The van der Waals surface area contributed by atoms with Gasteiger partial charge in [0.05, 0.1) is 13.7 Å². The van der Waals surface area contributed by atoms with Crippen molar-refractivity contribution < 1.29 is 9.84 Å². The lowest BCUT2D eigenvalue weighted by molar-refractivity contribution is 0.370. The molecule has 27 heavy (non-hydrogen) atoms. The summed E-state index contributed by atoms with van der Waals surface area (Å²) in [4.78, 5) is 7.03. The Morgan fingerprint density at radius 3 is 2.78 bits per heavy atom. The van der Waals surface area contributed by atoms with Crippen molar-refractivity contribution in [2.75, 3.05) is 31.6 Å². The molecule has 0 bridgehead atoms. The fraction of sp³-hybridized carbons (Fsp3) is 0.381. The summed E-state index contributed by atoms with van der Waals surface area (Å²) in [5.74, 6) is 1.38. The first kappa shape index (κ1) is 18.9. The largest absolute Gasteiger partial charge is 0.504 e. The van der Waals surface area contributed by atoms with Crippen LogP contribution in [0.15, 0.2) is 53.5 Å². The van der Waals surface area contributed by atoms with Crippen LogP contribution >= 0.6 is 0 Å². The number of nitrogens with one attached hydrogen (secondary N) is 2. The second-order valence-electron chi connectivity index (χ2n) is 6.57. The Kier molecular flexibility index (Phi) is 6.41. The molecule has 144 valence electrons. The molecule has 0 amide bonds. The van der Waals surface area contributed by atoms with Crippen LogP contribution in [0.1, 0.15) is 18.9 Å². The number of methoxy groups -OCH3 is 1. The minimum Gasteiger partial charge on any atom is -0.504 e. The molecular formula is C21H28N4O2. The van der Waals surface area contributed by atoms with Gasteiger partial charge < -0.3 is 25.4 Å². The zero-order chi connectivity index (χ0) is 19.1. The highest BCUT2D eigenvalue weighted by atomic mass is 16.5. The molecule has 1 unspecified atom stereocenters. The van der Waals surface area contributed by atoms with E-state index in [1.807, 2.05) is 25.1 Å². The monoisotopic (exact) mass is 368 g/mol. The molecule has 6 heteroatoms. The molecule has 0 aliphatic carbocycles. The van der Waals surface area contributed by atoms with Crippen molar-refractivity contribution in [3.8, 4) is 11.5 Å². The van der Waals surface area contributed by atoms with E-state index < -0.39 is 0 Å². The van der Waals surface area contributed by atoms with Gasteiger partial charge in [0.2, 0.25) is 0 Å². The lowest BCUT2D eigenvalue weighted by atomic mass is 10.2. The van der Waals surface area contributed by atoms with Gasteiger partial charge >= 0.3 is 0 Å². The molecule has 6 nitrogen and oxygen atoms in total. The molecule has 2 aromatic rings. The molecule has 0 radical (unpaired) electrons. The number of aliphatic imine (C=N–C) groups is 1. The third-order valence-electron chi connectivity index (χ3n) is 4.70. The Labute approximate surface area is 160 Å². The Morgan fingerprint density at radius 1 is 1.22 bits per heavy atom. The number of rotatable bonds is 6. The number of aromatic hydroxyl groups is 1. The summed E-state index contributed by atoms with van der Waals surface area (Å²) in [6, 6.07) is 16.3. The minimum atomic E-state index is 0.149. The highest BCUT2D eigenvalue weighted by molar-refractivity contribution is 5.80. The fourth-order valence-corrected chi connectivity index (χ4v) is 3.29. The summed E-state index contributed by atoms with van der Waals surface area (Å²) in [7, 11) is 1.55. The first-order valence-corrected chi connectivity index (χ1v) is 9.41. The number of hydrogen-bond donors (Lipinski definition) is 3. The predicted octanol–water partition coefficient (Wildman–Crippen LogP) is 2.73. The molecule has 1 atom stereocenters. The maximum absolute atomic E-state index is 10.2. The quantitative estimate of drug-likeness (QED) is 0.540. The highest BCUT2D eigenvalue weighted by Gasteiger charge is 2.23. The van der Waals surface area contributed by atoms with Crippen molar-refractivity contribution in [1.82, 2.24) is 10.6 Å². The van der Waals surface area contributed by atoms with Gasteiger partial charge in [-0.05, 0) is 31.5 Å². The smallest absolute Gasteiger partial charge is 0.191 e. The van der Waals surface area contributed by atoms with Crippen LogP contribution in [0.5, 0.6) is 11.5 Å². The average Bonchev–Trinajstić information content (AvgIpc) is 3.16. The van der Waals surface area contributed by atoms with Crippen molar-refractivity contribution in [2.45, 2.75) is 25.9 Å². The molecule has 3 N–H and O–H groups in total. The summed E-state index contributed by atoms with van der Waals surface area (Å²) < 4.78 is 5.17. The van der Waals surface area contributed by atoms with Gasteiger partial charge in [0.25, 0.3) is 0 Å². The van der Waals surface area contributed by atoms with Crippen LogP contribution in [-0.2, 0) is 6.54 Å². The van der Waals surface area contributed by atoms with E-state index in [-0.39, 0.29) is 5.75 Å². The second kappa shape index (κ2) is 9.16. The molecule has 1 saturated heterocycles. The third-order valence-corrected chi connectivity index (χ3v) is 4.70. The molecule has 0 spiro atoms. The SMILES string of the molecule is CCNC(=NCc1cccc(OC)c1O)NC1CCN(c2ccccc2)C1. The molecule has 0 saturated carbocycles. The number of phenolic OH excluding ortho intramolecular Hbond substituents is 1. The molecule has 1 fully saturated rings. The van der Waals surface area contributed by atoms with Gasteiger partial charge in [-0.15, -0.1) is 0 Å². The molecule has 1 aliphatic rings. The van der Waals surface area contributed by atoms with Crippen molar-refractivity contribution in [3.05, 3.63) is 54.1 Å². The number of para-hydroxylation sites is 2. The Balaban J connectivity index is 1.63. The normalized spacial score (nSPS) is 17.0. The first-order chi connectivity index (χ1) is 13.2. The first-order valence-electron chi connectivity index (χ1n) is 9.41. The number of nitrogens with zero attached hydrogens (tertiary/aromatic N) is 2. The van der Waals surface area contributed by atoms with Crippen LogP contribution in [0.25, 0.3) is 0 Å². The molecule has 0 aromatic heterocycles. The highest BCUT2D eigenvalue weighted by Crippen LogP contribution is 2.29. The van der Waals surface area contributed by atoms with E-state index >= 15 is 0 Å². The number of anilines is 1. The van der Waals surface area contributed by atoms with E-state index in [0.29, 0.717) is 18.3 Å². The molecular weight excluding hydrogens is 340 g/mol.